The summed E-state index contributed by atoms with van der Waals surface area (Å²) < 4.78 is 5.63. The molecule has 1 saturated heterocycles. The van der Waals surface area contributed by atoms with E-state index < -0.39 is 29.3 Å². The first-order valence-electron chi connectivity index (χ1n) is 9.58. The smallest absolute Gasteiger partial charge is 0.0882 e. The first kappa shape index (κ1) is 17.2. The van der Waals surface area contributed by atoms with Gasteiger partial charge in [-0.15, -0.1) is 0 Å². The Morgan fingerprint density at radius 3 is 2.46 bits per heavy atom. The van der Waals surface area contributed by atoms with E-state index in [0.717, 1.165) is 12.8 Å². The largest absolute Gasteiger partial charge is 0.392 e. The first-order valence-corrected chi connectivity index (χ1v) is 9.58. The van der Waals surface area contributed by atoms with Gasteiger partial charge in [-0.1, -0.05) is 20.8 Å². The van der Waals surface area contributed by atoms with Crippen molar-refractivity contribution >= 4 is 0 Å². The molecule has 4 aliphatic rings. The molecule has 5 heteroatoms. The minimum absolute atomic E-state index is 0.0269. The van der Waals surface area contributed by atoms with Crippen molar-refractivity contribution in [3.8, 4) is 0 Å². The van der Waals surface area contributed by atoms with E-state index >= 15 is 0 Å². The Labute approximate surface area is 144 Å². The molecule has 1 heterocycles. The molecule has 0 aromatic carbocycles. The third kappa shape index (κ3) is 2.05. The van der Waals surface area contributed by atoms with Crippen molar-refractivity contribution in [1.29, 1.82) is 0 Å². The van der Waals surface area contributed by atoms with Crippen molar-refractivity contribution in [3.05, 3.63) is 0 Å². The summed E-state index contributed by atoms with van der Waals surface area (Å²) in [5.41, 5.74) is -1.63. The molecule has 138 valence electrons. The number of hydrogen-bond acceptors (Lipinski definition) is 5. The Bertz CT molecular complexity index is 512. The molecule has 1 aliphatic heterocycles. The van der Waals surface area contributed by atoms with Gasteiger partial charge in [0.25, 0.3) is 0 Å². The van der Waals surface area contributed by atoms with E-state index in [1.165, 1.54) is 0 Å². The molecule has 11 atom stereocenters. The Morgan fingerprint density at radius 1 is 1.12 bits per heavy atom. The standard InChI is InChI=1S/C19H32O5/c1-9-4-5-19(23)7-12-11-8-24-13(11)6-14(20)18(12,3)17(22)16(21)15(9)10(19)2/h9-17,20-23H,4-8H2,1-3H3/t9?,10-,11-,12?,13+,14-,15?,16+,17+,18-,19+/m0/s1. The highest BCUT2D eigenvalue weighted by Gasteiger charge is 2.64. The summed E-state index contributed by atoms with van der Waals surface area (Å²) in [6.07, 6.45) is 0.107. The molecule has 3 aliphatic carbocycles. The molecule has 0 radical (unpaired) electrons. The van der Waals surface area contributed by atoms with Crippen LogP contribution in [0.3, 0.4) is 0 Å². The number of hydrogen-bond donors (Lipinski definition) is 4. The second-order valence-electron chi connectivity index (χ2n) is 9.38. The van der Waals surface area contributed by atoms with Crippen LogP contribution in [0.4, 0.5) is 0 Å². The predicted octanol–water partition coefficient (Wildman–Crippen LogP) is 0.927. The molecular weight excluding hydrogens is 308 g/mol. The Kier molecular flexibility index (Phi) is 3.87. The van der Waals surface area contributed by atoms with Crippen LogP contribution in [0.5, 0.6) is 0 Å². The second kappa shape index (κ2) is 5.40. The van der Waals surface area contributed by atoms with E-state index in [1.54, 1.807) is 0 Å². The molecule has 0 spiro atoms. The quantitative estimate of drug-likeness (QED) is 0.527. The highest BCUT2D eigenvalue weighted by molar-refractivity contribution is 5.13. The lowest BCUT2D eigenvalue weighted by atomic mass is 9.47. The van der Waals surface area contributed by atoms with Crippen LogP contribution in [0.2, 0.25) is 0 Å². The summed E-state index contributed by atoms with van der Waals surface area (Å²) in [4.78, 5) is 0. The van der Waals surface area contributed by atoms with Crippen LogP contribution >= 0.6 is 0 Å². The normalized spacial score (nSPS) is 63.4. The molecule has 5 nitrogen and oxygen atoms in total. The van der Waals surface area contributed by atoms with E-state index in [2.05, 4.69) is 6.92 Å². The molecule has 0 aromatic rings. The summed E-state index contributed by atoms with van der Waals surface area (Å²) in [5, 5.41) is 44.5. The van der Waals surface area contributed by atoms with E-state index in [0.29, 0.717) is 19.4 Å². The zero-order chi connectivity index (χ0) is 17.4. The second-order valence-corrected chi connectivity index (χ2v) is 9.38. The van der Waals surface area contributed by atoms with Gasteiger partial charge in [0.15, 0.2) is 0 Å². The average Bonchev–Trinajstić information content (AvgIpc) is 2.51. The van der Waals surface area contributed by atoms with Gasteiger partial charge in [-0.2, -0.15) is 0 Å². The van der Waals surface area contributed by atoms with Crippen molar-refractivity contribution in [3.63, 3.8) is 0 Å². The third-order valence-corrected chi connectivity index (χ3v) is 8.51. The fourth-order valence-electron chi connectivity index (χ4n) is 6.56. The van der Waals surface area contributed by atoms with Gasteiger partial charge in [-0.05, 0) is 42.9 Å². The molecule has 4 fully saturated rings. The lowest BCUT2D eigenvalue weighted by Crippen LogP contribution is -2.69. The van der Waals surface area contributed by atoms with Gasteiger partial charge in [0, 0.05) is 17.8 Å². The number of ether oxygens (including phenoxy) is 1. The summed E-state index contributed by atoms with van der Waals surface area (Å²) in [5.74, 6) is 0.275. The molecule has 24 heavy (non-hydrogen) atoms. The van der Waals surface area contributed by atoms with Crippen LogP contribution in [0.15, 0.2) is 0 Å². The van der Waals surface area contributed by atoms with Crippen LogP contribution in [-0.2, 0) is 4.74 Å². The van der Waals surface area contributed by atoms with Gasteiger partial charge in [0.05, 0.1) is 36.6 Å². The zero-order valence-electron chi connectivity index (χ0n) is 14.9. The lowest BCUT2D eigenvalue weighted by molar-refractivity contribution is -0.286. The van der Waals surface area contributed by atoms with Crippen LogP contribution in [-0.4, -0.2) is 57.0 Å². The predicted molar refractivity (Wildman–Crippen MR) is 88.1 cm³/mol. The lowest BCUT2D eigenvalue weighted by Gasteiger charge is -2.63. The first-order chi connectivity index (χ1) is 11.2. The van der Waals surface area contributed by atoms with Gasteiger partial charge in [0.1, 0.15) is 0 Å². The highest BCUT2D eigenvalue weighted by atomic mass is 16.5. The van der Waals surface area contributed by atoms with E-state index in [1.807, 2.05) is 13.8 Å². The van der Waals surface area contributed by atoms with Crippen LogP contribution in [0, 0.1) is 35.0 Å². The molecular formula is C19H32O5. The fraction of sp³-hybridized carbons (Fsp3) is 1.00. The third-order valence-electron chi connectivity index (χ3n) is 8.51. The SMILES string of the molecule is CC1CC[C@@]2(O)CC3[C@@H]4CO[C@@H]4C[C@H](O)[C@@]3(C)[C@H](O)[C@H](O)C1[C@@H]2C. The molecule has 4 N–H and O–H groups in total. The van der Waals surface area contributed by atoms with Crippen molar-refractivity contribution in [2.75, 3.05) is 6.61 Å². The molecule has 3 saturated carbocycles. The number of aliphatic hydroxyl groups excluding tert-OH is 3. The van der Waals surface area contributed by atoms with Crippen LogP contribution in [0.1, 0.15) is 46.5 Å². The van der Waals surface area contributed by atoms with E-state index in [9.17, 15) is 20.4 Å². The maximum absolute atomic E-state index is 11.4. The van der Waals surface area contributed by atoms with Crippen LogP contribution in [0.25, 0.3) is 0 Å². The molecule has 2 bridgehead atoms. The number of aliphatic hydroxyl groups is 4. The van der Waals surface area contributed by atoms with Gasteiger partial charge >= 0.3 is 0 Å². The van der Waals surface area contributed by atoms with Crippen molar-refractivity contribution in [2.45, 2.75) is 76.5 Å². The van der Waals surface area contributed by atoms with Crippen molar-refractivity contribution in [1.82, 2.24) is 0 Å². The fourth-order valence-corrected chi connectivity index (χ4v) is 6.56. The van der Waals surface area contributed by atoms with Gasteiger partial charge in [0.2, 0.25) is 0 Å². The molecule has 4 rings (SSSR count). The maximum Gasteiger partial charge on any atom is 0.0882 e. The van der Waals surface area contributed by atoms with Gasteiger partial charge in [-0.25, -0.2) is 0 Å². The maximum atomic E-state index is 11.4. The molecule has 3 unspecified atom stereocenters. The monoisotopic (exact) mass is 340 g/mol. The van der Waals surface area contributed by atoms with E-state index in [4.69, 9.17) is 4.74 Å². The number of fused-ring (bicyclic) bond motifs is 5. The summed E-state index contributed by atoms with van der Waals surface area (Å²) >= 11 is 0. The van der Waals surface area contributed by atoms with Gasteiger partial charge < -0.3 is 25.2 Å². The minimum Gasteiger partial charge on any atom is -0.392 e. The van der Waals surface area contributed by atoms with Gasteiger partial charge in [-0.3, -0.25) is 0 Å². The summed E-state index contributed by atoms with van der Waals surface area (Å²) in [7, 11) is 0. The van der Waals surface area contributed by atoms with Crippen molar-refractivity contribution < 1.29 is 25.2 Å². The molecule has 0 amide bonds. The summed E-state index contributed by atoms with van der Waals surface area (Å²) in [6.45, 7) is 6.66. The average molecular weight is 340 g/mol. The topological polar surface area (TPSA) is 90.2 Å². The Morgan fingerprint density at radius 2 is 1.83 bits per heavy atom. The van der Waals surface area contributed by atoms with Crippen LogP contribution < -0.4 is 0 Å². The van der Waals surface area contributed by atoms with Crippen molar-refractivity contribution in [2.24, 2.45) is 35.0 Å². The Hall–Kier alpha value is -0.200. The highest BCUT2D eigenvalue weighted by Crippen LogP contribution is 2.59. The minimum atomic E-state index is -0.975. The Balaban J connectivity index is 1.79. The van der Waals surface area contributed by atoms with E-state index in [-0.39, 0.29) is 35.7 Å². The zero-order valence-corrected chi connectivity index (χ0v) is 14.9. The number of rotatable bonds is 0. The summed E-state index contributed by atoms with van der Waals surface area (Å²) in [6, 6.07) is 0. The molecule has 0 aromatic heterocycles.